The summed E-state index contributed by atoms with van der Waals surface area (Å²) in [4.78, 5) is 12.5. The van der Waals surface area contributed by atoms with E-state index < -0.39 is 6.10 Å². The van der Waals surface area contributed by atoms with Crippen LogP contribution in [-0.4, -0.2) is 47.2 Å². The highest BCUT2D eigenvalue weighted by molar-refractivity contribution is 5.70. The molecule has 154 valence electrons. The van der Waals surface area contributed by atoms with E-state index in [1.165, 1.54) is 0 Å². The maximum absolute atomic E-state index is 12.5. The van der Waals surface area contributed by atoms with Gasteiger partial charge < -0.3 is 19.3 Å². The molecule has 1 N–H and O–H groups in total. The molecule has 1 saturated carbocycles. The molecule has 8 atom stereocenters. The lowest BCUT2D eigenvalue weighted by molar-refractivity contribution is -0.163. The maximum atomic E-state index is 12.5. The van der Waals surface area contributed by atoms with Crippen LogP contribution in [0.4, 0.5) is 0 Å². The highest BCUT2D eigenvalue weighted by Crippen LogP contribution is 2.56. The van der Waals surface area contributed by atoms with Gasteiger partial charge in [0, 0.05) is 17.8 Å². The second kappa shape index (κ2) is 7.64. The number of carbonyl (C=O) groups excluding carboxylic acids is 1. The van der Waals surface area contributed by atoms with Crippen LogP contribution in [0.15, 0.2) is 0 Å². The van der Waals surface area contributed by atoms with Crippen LogP contribution in [0.3, 0.4) is 0 Å². The van der Waals surface area contributed by atoms with E-state index in [1.54, 1.807) is 0 Å². The molecular weight excluding hydrogens is 344 g/mol. The SMILES string of the molecule is CCC1OC(CC)C2C3OC(CC3C(O)CC(=O)OC3(CC)CCCC3)C12. The van der Waals surface area contributed by atoms with Gasteiger partial charge in [-0.25, -0.2) is 0 Å². The minimum atomic E-state index is -0.679. The molecule has 5 heteroatoms. The third-order valence-corrected chi connectivity index (χ3v) is 7.88. The van der Waals surface area contributed by atoms with Crippen molar-refractivity contribution in [1.29, 1.82) is 0 Å². The molecule has 4 fully saturated rings. The van der Waals surface area contributed by atoms with E-state index in [0.717, 1.165) is 51.4 Å². The molecule has 4 rings (SSSR count). The van der Waals surface area contributed by atoms with E-state index in [1.807, 2.05) is 0 Å². The monoisotopic (exact) mass is 380 g/mol. The Kier molecular flexibility index (Phi) is 5.56. The van der Waals surface area contributed by atoms with E-state index in [4.69, 9.17) is 14.2 Å². The fourth-order valence-electron chi connectivity index (χ4n) is 6.47. The second-order valence-electron chi connectivity index (χ2n) is 9.21. The summed E-state index contributed by atoms with van der Waals surface area (Å²) in [6.45, 7) is 6.44. The normalized spacial score (nSPS) is 43.0. The Morgan fingerprint density at radius 1 is 1.11 bits per heavy atom. The lowest BCUT2D eigenvalue weighted by Gasteiger charge is -2.33. The molecular formula is C22H36O5. The highest BCUT2D eigenvalue weighted by atomic mass is 16.6. The minimum absolute atomic E-state index is 0.0240. The first-order valence-electron chi connectivity index (χ1n) is 11.2. The van der Waals surface area contributed by atoms with Crippen molar-refractivity contribution in [2.45, 2.75) is 115 Å². The third-order valence-electron chi connectivity index (χ3n) is 7.88. The average molecular weight is 381 g/mol. The predicted octanol–water partition coefficient (Wildman–Crippen LogP) is 3.61. The molecule has 2 bridgehead atoms. The van der Waals surface area contributed by atoms with Gasteiger partial charge in [0.15, 0.2) is 0 Å². The molecule has 3 aliphatic heterocycles. The van der Waals surface area contributed by atoms with Gasteiger partial charge in [0.2, 0.25) is 0 Å². The number of hydrogen-bond acceptors (Lipinski definition) is 5. The van der Waals surface area contributed by atoms with Gasteiger partial charge in [-0.2, -0.15) is 0 Å². The summed E-state index contributed by atoms with van der Waals surface area (Å²) in [5.74, 6) is 0.610. The quantitative estimate of drug-likeness (QED) is 0.684. The molecule has 3 heterocycles. The summed E-state index contributed by atoms with van der Waals surface area (Å²) in [5, 5.41) is 10.9. The number of esters is 1. The van der Waals surface area contributed by atoms with Gasteiger partial charge in [-0.15, -0.1) is 0 Å². The van der Waals surface area contributed by atoms with Crippen LogP contribution in [0.1, 0.15) is 78.6 Å². The predicted molar refractivity (Wildman–Crippen MR) is 101 cm³/mol. The molecule has 0 radical (unpaired) electrons. The molecule has 4 aliphatic rings. The first kappa shape index (κ1) is 19.7. The van der Waals surface area contributed by atoms with E-state index in [9.17, 15) is 9.90 Å². The molecule has 0 aromatic rings. The van der Waals surface area contributed by atoms with Crippen LogP contribution < -0.4 is 0 Å². The van der Waals surface area contributed by atoms with Gasteiger partial charge in [0.05, 0.1) is 36.9 Å². The van der Waals surface area contributed by atoms with Crippen LogP contribution in [0.25, 0.3) is 0 Å². The van der Waals surface area contributed by atoms with Crippen molar-refractivity contribution >= 4 is 5.97 Å². The minimum Gasteiger partial charge on any atom is -0.459 e. The number of aliphatic hydroxyl groups is 1. The van der Waals surface area contributed by atoms with Crippen molar-refractivity contribution in [3.8, 4) is 0 Å². The second-order valence-corrected chi connectivity index (χ2v) is 9.21. The molecule has 8 unspecified atom stereocenters. The molecule has 1 aliphatic carbocycles. The lowest BCUT2D eigenvalue weighted by Crippen LogP contribution is -2.43. The molecule has 3 saturated heterocycles. The van der Waals surface area contributed by atoms with Crippen LogP contribution in [-0.2, 0) is 19.0 Å². The average Bonchev–Trinajstić information content (AvgIpc) is 3.42. The number of hydrogen-bond donors (Lipinski definition) is 1. The topological polar surface area (TPSA) is 65.0 Å². The van der Waals surface area contributed by atoms with E-state index in [2.05, 4.69) is 20.8 Å². The van der Waals surface area contributed by atoms with Crippen molar-refractivity contribution in [2.75, 3.05) is 0 Å². The first-order chi connectivity index (χ1) is 13.0. The maximum Gasteiger partial charge on any atom is 0.308 e. The van der Waals surface area contributed by atoms with Crippen molar-refractivity contribution in [3.05, 3.63) is 0 Å². The summed E-state index contributed by atoms with van der Waals surface area (Å²) < 4.78 is 18.4. The standard InChI is InChI=1S/C22H36O5/c1-4-15-19-17-11-13(21(26-17)20(19)16(5-2)25-15)14(23)12-18(24)27-22(6-3)9-7-8-10-22/h13-17,19-21,23H,4-12H2,1-3H3. The van der Waals surface area contributed by atoms with Crippen molar-refractivity contribution < 1.29 is 24.1 Å². The Labute approximate surface area is 163 Å². The van der Waals surface area contributed by atoms with Gasteiger partial charge in [-0.3, -0.25) is 4.79 Å². The zero-order chi connectivity index (χ0) is 19.2. The van der Waals surface area contributed by atoms with Crippen LogP contribution in [0.2, 0.25) is 0 Å². The lowest BCUT2D eigenvalue weighted by atomic mass is 9.69. The summed E-state index contributed by atoms with van der Waals surface area (Å²) in [6.07, 6.45) is 7.99. The molecule has 0 spiro atoms. The zero-order valence-electron chi connectivity index (χ0n) is 17.1. The smallest absolute Gasteiger partial charge is 0.308 e. The number of rotatable bonds is 7. The van der Waals surface area contributed by atoms with E-state index >= 15 is 0 Å². The molecule has 0 amide bonds. The Morgan fingerprint density at radius 2 is 1.78 bits per heavy atom. The Morgan fingerprint density at radius 3 is 2.41 bits per heavy atom. The Bertz CT molecular complexity index is 543. The highest BCUT2D eigenvalue weighted by Gasteiger charge is 2.63. The van der Waals surface area contributed by atoms with Gasteiger partial charge in [0.25, 0.3) is 0 Å². The summed E-state index contributed by atoms with van der Waals surface area (Å²) in [5.41, 5.74) is -0.284. The summed E-state index contributed by atoms with van der Waals surface area (Å²) in [7, 11) is 0. The zero-order valence-corrected chi connectivity index (χ0v) is 17.1. The molecule has 27 heavy (non-hydrogen) atoms. The first-order valence-corrected chi connectivity index (χ1v) is 11.2. The van der Waals surface area contributed by atoms with E-state index in [0.29, 0.717) is 11.8 Å². The van der Waals surface area contributed by atoms with Gasteiger partial charge >= 0.3 is 5.97 Å². The Balaban J connectivity index is 1.38. The third kappa shape index (κ3) is 3.34. The van der Waals surface area contributed by atoms with Crippen LogP contribution >= 0.6 is 0 Å². The number of aliphatic hydroxyl groups excluding tert-OH is 1. The molecule has 5 nitrogen and oxygen atoms in total. The summed E-state index contributed by atoms with van der Waals surface area (Å²) in [6, 6.07) is 0. The van der Waals surface area contributed by atoms with Gasteiger partial charge in [0.1, 0.15) is 5.60 Å². The van der Waals surface area contributed by atoms with Crippen LogP contribution in [0, 0.1) is 17.8 Å². The number of ether oxygens (including phenoxy) is 3. The fourth-order valence-corrected chi connectivity index (χ4v) is 6.47. The number of carbonyl (C=O) groups is 1. The molecule has 0 aromatic heterocycles. The van der Waals surface area contributed by atoms with Crippen molar-refractivity contribution in [3.63, 3.8) is 0 Å². The summed E-state index contributed by atoms with van der Waals surface area (Å²) >= 11 is 0. The number of fused-ring (bicyclic) bond motifs is 5. The van der Waals surface area contributed by atoms with Crippen molar-refractivity contribution in [2.24, 2.45) is 17.8 Å². The van der Waals surface area contributed by atoms with E-state index in [-0.39, 0.29) is 48.3 Å². The largest absolute Gasteiger partial charge is 0.459 e. The van der Waals surface area contributed by atoms with Crippen LogP contribution in [0.5, 0.6) is 0 Å². The fraction of sp³-hybridized carbons (Fsp3) is 0.955. The Hall–Kier alpha value is -0.650. The van der Waals surface area contributed by atoms with Crippen molar-refractivity contribution in [1.82, 2.24) is 0 Å². The molecule has 0 aromatic carbocycles. The van der Waals surface area contributed by atoms with Gasteiger partial charge in [-0.1, -0.05) is 20.8 Å². The van der Waals surface area contributed by atoms with Gasteiger partial charge in [-0.05, 0) is 51.4 Å².